The van der Waals surface area contributed by atoms with Crippen LogP contribution in [0.15, 0.2) is 30.5 Å². The number of hydrogen-bond donors (Lipinski definition) is 2. The van der Waals surface area contributed by atoms with Crippen molar-refractivity contribution in [2.75, 3.05) is 0 Å². The normalized spacial score (nSPS) is 13.4. The molecule has 0 aliphatic carbocycles. The number of benzene rings is 1. The molecule has 7 heteroatoms. The molecule has 0 bridgehead atoms. The Bertz CT molecular complexity index is 563. The van der Waals surface area contributed by atoms with E-state index in [0.717, 1.165) is 17.5 Å². The van der Waals surface area contributed by atoms with Gasteiger partial charge in [0.1, 0.15) is 0 Å². The molecule has 1 aromatic heterocycles. The molecular weight excluding hydrogens is 287 g/mol. The quantitative estimate of drug-likeness (QED) is 0.673. The summed E-state index contributed by atoms with van der Waals surface area (Å²) in [4.78, 5) is 3.85. The molecule has 1 unspecified atom stereocenters. The van der Waals surface area contributed by atoms with Gasteiger partial charge in [0.2, 0.25) is 0 Å². The van der Waals surface area contributed by atoms with E-state index < -0.39 is 17.2 Å². The van der Waals surface area contributed by atoms with E-state index in [9.17, 15) is 13.2 Å². The van der Waals surface area contributed by atoms with Gasteiger partial charge < -0.3 is 0 Å². The summed E-state index contributed by atoms with van der Waals surface area (Å²) in [6, 6.07) is 7.10. The van der Waals surface area contributed by atoms with E-state index in [4.69, 9.17) is 5.84 Å². The average molecular weight is 301 g/mol. The molecule has 0 saturated heterocycles. The number of hydrogen-bond acceptors (Lipinski definition) is 4. The molecule has 1 heterocycles. The molecule has 20 heavy (non-hydrogen) atoms. The number of rotatable bonds is 4. The first kappa shape index (κ1) is 15.0. The molecule has 0 radical (unpaired) electrons. The average Bonchev–Trinajstić information content (AvgIpc) is 2.90. The topological polar surface area (TPSA) is 50.9 Å². The van der Waals surface area contributed by atoms with Crippen molar-refractivity contribution < 1.29 is 13.2 Å². The number of thiazole rings is 1. The second-order valence-corrected chi connectivity index (χ2v) is 5.32. The lowest BCUT2D eigenvalue weighted by atomic mass is 10.0. The number of aryl methyl sites for hydroxylation is 1. The first-order chi connectivity index (χ1) is 9.45. The maximum absolute atomic E-state index is 12.6. The van der Waals surface area contributed by atoms with Crippen molar-refractivity contribution in [1.29, 1.82) is 0 Å². The first-order valence-electron chi connectivity index (χ1n) is 6.03. The van der Waals surface area contributed by atoms with Crippen LogP contribution in [-0.2, 0) is 12.6 Å². The van der Waals surface area contributed by atoms with Gasteiger partial charge in [-0.25, -0.2) is 10.4 Å². The number of alkyl halides is 3. The monoisotopic (exact) mass is 301 g/mol. The van der Waals surface area contributed by atoms with E-state index in [0.29, 0.717) is 16.2 Å². The van der Waals surface area contributed by atoms with Crippen LogP contribution in [0.1, 0.15) is 34.0 Å². The third-order valence-electron chi connectivity index (χ3n) is 2.94. The SMILES string of the molecule is CCc1ccc(C(NN)c2cnc(C(F)(F)F)s2)cc1. The molecule has 3 N–H and O–H groups in total. The highest BCUT2D eigenvalue weighted by molar-refractivity contribution is 7.11. The summed E-state index contributed by atoms with van der Waals surface area (Å²) in [5.41, 5.74) is 4.50. The van der Waals surface area contributed by atoms with Gasteiger partial charge >= 0.3 is 6.18 Å². The molecule has 2 aromatic rings. The van der Waals surface area contributed by atoms with Gasteiger partial charge in [0.05, 0.1) is 6.04 Å². The fourth-order valence-electron chi connectivity index (χ4n) is 1.84. The second kappa shape index (κ2) is 5.90. The van der Waals surface area contributed by atoms with E-state index in [-0.39, 0.29) is 0 Å². The van der Waals surface area contributed by atoms with Crippen LogP contribution < -0.4 is 11.3 Å². The maximum Gasteiger partial charge on any atom is 0.443 e. The molecule has 1 atom stereocenters. The van der Waals surface area contributed by atoms with E-state index >= 15 is 0 Å². The van der Waals surface area contributed by atoms with Crippen LogP contribution in [0.3, 0.4) is 0 Å². The van der Waals surface area contributed by atoms with Gasteiger partial charge in [-0.15, -0.1) is 11.3 Å². The largest absolute Gasteiger partial charge is 0.443 e. The van der Waals surface area contributed by atoms with Crippen molar-refractivity contribution in [3.05, 3.63) is 51.5 Å². The molecule has 0 fully saturated rings. The Hall–Kier alpha value is -1.44. The summed E-state index contributed by atoms with van der Waals surface area (Å²) in [6.45, 7) is 2.03. The van der Waals surface area contributed by atoms with Crippen LogP contribution in [0.5, 0.6) is 0 Å². The van der Waals surface area contributed by atoms with E-state index in [1.54, 1.807) is 0 Å². The highest BCUT2D eigenvalue weighted by Crippen LogP contribution is 2.35. The minimum atomic E-state index is -4.42. The Morgan fingerprint density at radius 1 is 1.30 bits per heavy atom. The predicted molar refractivity (Wildman–Crippen MR) is 72.1 cm³/mol. The number of halogens is 3. The lowest BCUT2D eigenvalue weighted by Crippen LogP contribution is -2.28. The van der Waals surface area contributed by atoms with Crippen LogP contribution in [0.4, 0.5) is 13.2 Å². The highest BCUT2D eigenvalue weighted by atomic mass is 32.1. The van der Waals surface area contributed by atoms with Crippen LogP contribution in [0, 0.1) is 0 Å². The Kier molecular flexibility index (Phi) is 4.42. The summed E-state index contributed by atoms with van der Waals surface area (Å²) in [5, 5.41) is -0.863. The number of nitrogens with one attached hydrogen (secondary N) is 1. The van der Waals surface area contributed by atoms with Crippen molar-refractivity contribution in [3.8, 4) is 0 Å². The van der Waals surface area contributed by atoms with Crippen LogP contribution in [-0.4, -0.2) is 4.98 Å². The van der Waals surface area contributed by atoms with E-state index in [1.165, 1.54) is 6.20 Å². The summed E-state index contributed by atoms with van der Waals surface area (Å²) in [5.74, 6) is 5.47. The van der Waals surface area contributed by atoms with Gasteiger partial charge in [-0.05, 0) is 17.5 Å². The summed E-state index contributed by atoms with van der Waals surface area (Å²) < 4.78 is 37.7. The minimum absolute atomic E-state index is 0.434. The molecule has 1 aromatic carbocycles. The number of aromatic nitrogens is 1. The summed E-state index contributed by atoms with van der Waals surface area (Å²) >= 11 is 0.599. The molecule has 108 valence electrons. The molecule has 0 aliphatic rings. The highest BCUT2D eigenvalue weighted by Gasteiger charge is 2.35. The zero-order valence-corrected chi connectivity index (χ0v) is 11.6. The maximum atomic E-state index is 12.6. The molecule has 3 nitrogen and oxygen atoms in total. The van der Waals surface area contributed by atoms with Gasteiger partial charge in [-0.2, -0.15) is 13.2 Å². The Balaban J connectivity index is 2.29. The molecule has 2 rings (SSSR count). The molecule has 0 amide bonds. The second-order valence-electron chi connectivity index (χ2n) is 4.26. The van der Waals surface area contributed by atoms with Crippen LogP contribution in [0.25, 0.3) is 0 Å². The van der Waals surface area contributed by atoms with Crippen molar-refractivity contribution in [2.45, 2.75) is 25.6 Å². The smallest absolute Gasteiger partial charge is 0.271 e. The van der Waals surface area contributed by atoms with Gasteiger partial charge in [0, 0.05) is 11.1 Å². The molecular formula is C13H14F3N3S. The third-order valence-corrected chi connectivity index (χ3v) is 4.05. The Morgan fingerprint density at radius 3 is 2.40 bits per heavy atom. The Labute approximate surface area is 118 Å². The summed E-state index contributed by atoms with van der Waals surface area (Å²) in [6.07, 6.45) is -2.31. The van der Waals surface area contributed by atoms with E-state index in [1.807, 2.05) is 31.2 Å². The number of hydrazine groups is 1. The minimum Gasteiger partial charge on any atom is -0.271 e. The standard InChI is InChI=1S/C13H14F3N3S/c1-2-8-3-5-9(6-4-8)11(19-17)10-7-18-12(20-10)13(14,15)16/h3-7,11,19H,2,17H2,1H3. The van der Waals surface area contributed by atoms with Crippen molar-refractivity contribution in [3.63, 3.8) is 0 Å². The fraction of sp³-hybridized carbons (Fsp3) is 0.308. The molecule has 0 saturated carbocycles. The lowest BCUT2D eigenvalue weighted by Gasteiger charge is -2.14. The summed E-state index contributed by atoms with van der Waals surface area (Å²) in [7, 11) is 0. The van der Waals surface area contributed by atoms with Crippen molar-refractivity contribution >= 4 is 11.3 Å². The van der Waals surface area contributed by atoms with Gasteiger partial charge in [-0.1, -0.05) is 31.2 Å². The number of nitrogens with zero attached hydrogens (tertiary/aromatic N) is 1. The van der Waals surface area contributed by atoms with Crippen molar-refractivity contribution in [1.82, 2.24) is 10.4 Å². The number of nitrogens with two attached hydrogens (primary N) is 1. The van der Waals surface area contributed by atoms with Crippen LogP contribution >= 0.6 is 11.3 Å². The first-order valence-corrected chi connectivity index (χ1v) is 6.85. The van der Waals surface area contributed by atoms with Gasteiger partial charge in [-0.3, -0.25) is 5.84 Å². The van der Waals surface area contributed by atoms with E-state index in [2.05, 4.69) is 10.4 Å². The third kappa shape index (κ3) is 3.17. The molecule has 0 aliphatic heterocycles. The van der Waals surface area contributed by atoms with Gasteiger partial charge in [0.25, 0.3) is 0 Å². The predicted octanol–water partition coefficient (Wildman–Crippen LogP) is 3.28. The van der Waals surface area contributed by atoms with Gasteiger partial charge in [0.15, 0.2) is 5.01 Å². The zero-order valence-electron chi connectivity index (χ0n) is 10.7. The molecule has 0 spiro atoms. The van der Waals surface area contributed by atoms with Crippen LogP contribution in [0.2, 0.25) is 0 Å². The van der Waals surface area contributed by atoms with Crippen molar-refractivity contribution in [2.24, 2.45) is 5.84 Å². The zero-order chi connectivity index (χ0) is 14.8. The lowest BCUT2D eigenvalue weighted by molar-refractivity contribution is -0.137. The Morgan fingerprint density at radius 2 is 1.95 bits per heavy atom. The fourth-order valence-corrected chi connectivity index (χ4v) is 2.71.